The third kappa shape index (κ3) is 4.83. The molecule has 2 N–H and O–H groups in total. The predicted octanol–water partition coefficient (Wildman–Crippen LogP) is 3.34. The molecule has 1 atom stereocenters. The van der Waals surface area contributed by atoms with Crippen LogP contribution in [0, 0.1) is 5.92 Å². The molecule has 1 heterocycles. The summed E-state index contributed by atoms with van der Waals surface area (Å²) in [6, 6.07) is 19.9. The topological polar surface area (TPSA) is 114 Å². The summed E-state index contributed by atoms with van der Waals surface area (Å²) in [5.41, 5.74) is 1.94. The number of amides is 1. The van der Waals surface area contributed by atoms with E-state index >= 15 is 0 Å². The third-order valence-corrected chi connectivity index (χ3v) is 7.44. The van der Waals surface area contributed by atoms with Gasteiger partial charge in [0.05, 0.1) is 16.3 Å². The van der Waals surface area contributed by atoms with Crippen LogP contribution >= 0.6 is 0 Å². The number of aliphatic hydroxyl groups is 1. The fourth-order valence-electron chi connectivity index (χ4n) is 4.52. The van der Waals surface area contributed by atoms with Crippen LogP contribution in [0.4, 0.5) is 17.1 Å². The minimum absolute atomic E-state index is 0.293. The van der Waals surface area contributed by atoms with E-state index in [1.165, 1.54) is 24.3 Å². The van der Waals surface area contributed by atoms with Crippen LogP contribution in [0.2, 0.25) is 0 Å². The van der Waals surface area contributed by atoms with Gasteiger partial charge in [0.15, 0.2) is 0 Å². The SMILES string of the molecule is CC1=NN(c2ccc(S(=O)(=O)O)cc2)C(=O)C1C(O)(c1ccc(N(C)C)cc1)c1ccc(N(C)C)cc1. The number of hydrogen-bond donors (Lipinski definition) is 2. The molecule has 1 amide bonds. The summed E-state index contributed by atoms with van der Waals surface area (Å²) in [6.07, 6.45) is 0. The molecule has 194 valence electrons. The first kappa shape index (κ1) is 26.3. The Morgan fingerprint density at radius 3 is 1.62 bits per heavy atom. The lowest BCUT2D eigenvalue weighted by molar-refractivity contribution is -0.125. The minimum Gasteiger partial charge on any atom is -0.379 e. The molecule has 0 bridgehead atoms. The molecule has 0 saturated heterocycles. The Balaban J connectivity index is 1.80. The quantitative estimate of drug-likeness (QED) is 0.458. The highest BCUT2D eigenvalue weighted by Gasteiger charge is 2.51. The number of hydrazone groups is 1. The van der Waals surface area contributed by atoms with Gasteiger partial charge in [-0.2, -0.15) is 13.5 Å². The lowest BCUT2D eigenvalue weighted by Crippen LogP contribution is -2.45. The normalized spacial score (nSPS) is 16.1. The third-order valence-electron chi connectivity index (χ3n) is 6.58. The van der Waals surface area contributed by atoms with Crippen LogP contribution in [-0.4, -0.2) is 57.9 Å². The van der Waals surface area contributed by atoms with Crippen molar-refractivity contribution in [2.45, 2.75) is 17.4 Å². The molecule has 0 fully saturated rings. The van der Waals surface area contributed by atoms with Crippen molar-refractivity contribution in [3.63, 3.8) is 0 Å². The van der Waals surface area contributed by atoms with E-state index in [1.54, 1.807) is 31.2 Å². The highest BCUT2D eigenvalue weighted by molar-refractivity contribution is 7.85. The van der Waals surface area contributed by atoms with Gasteiger partial charge in [-0.15, -0.1) is 0 Å². The van der Waals surface area contributed by atoms with Crippen molar-refractivity contribution < 1.29 is 22.9 Å². The molecule has 10 heteroatoms. The Morgan fingerprint density at radius 2 is 1.24 bits per heavy atom. The van der Waals surface area contributed by atoms with Crippen LogP contribution in [0.1, 0.15) is 18.1 Å². The first-order chi connectivity index (χ1) is 17.3. The average Bonchev–Trinajstić information content (AvgIpc) is 3.17. The van der Waals surface area contributed by atoms with Gasteiger partial charge < -0.3 is 14.9 Å². The summed E-state index contributed by atoms with van der Waals surface area (Å²) in [5, 5.41) is 18.0. The maximum atomic E-state index is 13.8. The Bertz CT molecular complexity index is 1380. The zero-order chi connectivity index (χ0) is 27.1. The highest BCUT2D eigenvalue weighted by atomic mass is 32.2. The van der Waals surface area contributed by atoms with Crippen molar-refractivity contribution >= 4 is 38.8 Å². The van der Waals surface area contributed by atoms with E-state index in [2.05, 4.69) is 5.10 Å². The molecule has 37 heavy (non-hydrogen) atoms. The zero-order valence-corrected chi connectivity index (χ0v) is 22.1. The Kier molecular flexibility index (Phi) is 6.85. The van der Waals surface area contributed by atoms with Crippen LogP contribution in [0.15, 0.2) is 82.8 Å². The van der Waals surface area contributed by atoms with Gasteiger partial charge in [0.1, 0.15) is 11.5 Å². The molecule has 1 unspecified atom stereocenters. The van der Waals surface area contributed by atoms with Gasteiger partial charge in [0.2, 0.25) is 0 Å². The number of carbonyl (C=O) groups is 1. The molecular formula is C27H30N4O5S. The van der Waals surface area contributed by atoms with Gasteiger partial charge in [0, 0.05) is 39.6 Å². The maximum absolute atomic E-state index is 13.8. The fourth-order valence-corrected chi connectivity index (χ4v) is 5.00. The summed E-state index contributed by atoms with van der Waals surface area (Å²) >= 11 is 0. The first-order valence-corrected chi connectivity index (χ1v) is 13.0. The molecule has 0 radical (unpaired) electrons. The molecule has 0 aromatic heterocycles. The van der Waals surface area contributed by atoms with E-state index in [4.69, 9.17) is 0 Å². The Morgan fingerprint density at radius 1 is 0.811 bits per heavy atom. The van der Waals surface area contributed by atoms with Crippen molar-refractivity contribution in [1.29, 1.82) is 0 Å². The lowest BCUT2D eigenvalue weighted by Gasteiger charge is -2.35. The minimum atomic E-state index is -4.38. The largest absolute Gasteiger partial charge is 0.379 e. The van der Waals surface area contributed by atoms with Gasteiger partial charge in [-0.1, -0.05) is 24.3 Å². The summed E-state index contributed by atoms with van der Waals surface area (Å²) < 4.78 is 32.1. The summed E-state index contributed by atoms with van der Waals surface area (Å²) in [4.78, 5) is 17.4. The molecule has 0 spiro atoms. The number of anilines is 3. The van der Waals surface area contributed by atoms with E-state index in [0.717, 1.165) is 16.4 Å². The van der Waals surface area contributed by atoms with Crippen LogP contribution in [0.5, 0.6) is 0 Å². The van der Waals surface area contributed by atoms with Gasteiger partial charge in [-0.25, -0.2) is 5.01 Å². The van der Waals surface area contributed by atoms with Gasteiger partial charge >= 0.3 is 0 Å². The number of benzene rings is 3. The van der Waals surface area contributed by atoms with Crippen molar-refractivity contribution in [3.8, 4) is 0 Å². The smallest absolute Gasteiger partial charge is 0.294 e. The van der Waals surface area contributed by atoms with Crippen LogP contribution in [0.25, 0.3) is 0 Å². The molecule has 3 aromatic rings. The second-order valence-electron chi connectivity index (χ2n) is 9.44. The molecule has 0 aliphatic carbocycles. The van der Waals surface area contributed by atoms with E-state index in [9.17, 15) is 22.9 Å². The standard InChI is InChI=1S/C27H30N4O5S/c1-18-25(26(32)31(28-18)23-14-16-24(17-15-23)37(34,35)36)27(33,19-6-10-21(11-7-19)29(2)3)20-8-12-22(13-9-20)30(4)5/h6-17,25,33H,1-5H3,(H,34,35,36). The second kappa shape index (κ2) is 9.62. The lowest BCUT2D eigenvalue weighted by atomic mass is 9.74. The van der Waals surface area contributed by atoms with Crippen molar-refractivity contribution in [3.05, 3.63) is 83.9 Å². The van der Waals surface area contributed by atoms with Crippen LogP contribution in [-0.2, 0) is 20.5 Å². The van der Waals surface area contributed by atoms with Crippen molar-refractivity contribution in [1.82, 2.24) is 0 Å². The number of hydrogen-bond acceptors (Lipinski definition) is 7. The summed E-state index contributed by atoms with van der Waals surface area (Å²) in [7, 11) is 3.30. The van der Waals surface area contributed by atoms with Crippen molar-refractivity contribution in [2.75, 3.05) is 43.0 Å². The monoisotopic (exact) mass is 522 g/mol. The summed E-state index contributed by atoms with van der Waals surface area (Å²) in [5.74, 6) is -1.50. The second-order valence-corrected chi connectivity index (χ2v) is 10.9. The predicted molar refractivity (Wildman–Crippen MR) is 145 cm³/mol. The van der Waals surface area contributed by atoms with E-state index in [0.29, 0.717) is 22.5 Å². The van der Waals surface area contributed by atoms with Crippen LogP contribution < -0.4 is 14.8 Å². The van der Waals surface area contributed by atoms with E-state index in [-0.39, 0.29) is 4.90 Å². The van der Waals surface area contributed by atoms with Crippen molar-refractivity contribution in [2.24, 2.45) is 11.0 Å². The number of nitrogens with zero attached hydrogens (tertiary/aromatic N) is 4. The molecule has 3 aromatic carbocycles. The molecule has 1 aliphatic rings. The zero-order valence-electron chi connectivity index (χ0n) is 21.3. The van der Waals surface area contributed by atoms with Gasteiger partial charge in [-0.05, 0) is 66.6 Å². The number of rotatable bonds is 7. The van der Waals surface area contributed by atoms with Gasteiger partial charge in [0.25, 0.3) is 16.0 Å². The molecule has 1 aliphatic heterocycles. The fraction of sp³-hybridized carbons (Fsp3) is 0.259. The molecule has 9 nitrogen and oxygen atoms in total. The van der Waals surface area contributed by atoms with E-state index in [1.807, 2.05) is 62.3 Å². The molecule has 4 rings (SSSR count). The average molecular weight is 523 g/mol. The highest BCUT2D eigenvalue weighted by Crippen LogP contribution is 2.43. The maximum Gasteiger partial charge on any atom is 0.294 e. The first-order valence-electron chi connectivity index (χ1n) is 11.6. The summed E-state index contributed by atoms with van der Waals surface area (Å²) in [6.45, 7) is 1.68. The molecular weight excluding hydrogens is 492 g/mol. The number of carbonyl (C=O) groups excluding carboxylic acids is 1. The van der Waals surface area contributed by atoms with Gasteiger partial charge in [-0.3, -0.25) is 9.35 Å². The Labute approximate surface area is 217 Å². The van der Waals surface area contributed by atoms with Crippen LogP contribution in [0.3, 0.4) is 0 Å². The molecule has 0 saturated carbocycles. The Hall–Kier alpha value is -3.73. The van der Waals surface area contributed by atoms with E-state index < -0.39 is 27.5 Å².